The Kier molecular flexibility index (Phi) is 2.41. The summed E-state index contributed by atoms with van der Waals surface area (Å²) < 4.78 is 0. The van der Waals surface area contributed by atoms with Gasteiger partial charge in [0.15, 0.2) is 6.23 Å². The van der Waals surface area contributed by atoms with Crippen molar-refractivity contribution in [2.45, 2.75) is 6.23 Å². The van der Waals surface area contributed by atoms with Crippen molar-refractivity contribution in [3.63, 3.8) is 0 Å². The van der Waals surface area contributed by atoms with Crippen LogP contribution >= 0.6 is 0 Å². The van der Waals surface area contributed by atoms with Crippen molar-refractivity contribution in [2.24, 2.45) is 0 Å². The van der Waals surface area contributed by atoms with Gasteiger partial charge in [0.05, 0.1) is 0 Å². The van der Waals surface area contributed by atoms with E-state index in [1.165, 1.54) is 0 Å². The summed E-state index contributed by atoms with van der Waals surface area (Å²) >= 11 is 0. The summed E-state index contributed by atoms with van der Waals surface area (Å²) in [6.45, 7) is 0. The number of aromatic nitrogens is 1. The summed E-state index contributed by atoms with van der Waals surface area (Å²) in [4.78, 5) is 3.36. The van der Waals surface area contributed by atoms with Crippen LogP contribution in [-0.2, 0) is 0 Å². The molecular weight excluding hydrogens is 248 g/mol. The van der Waals surface area contributed by atoms with Crippen molar-refractivity contribution < 1.29 is 5.11 Å². The minimum Gasteiger partial charge on any atom is -0.369 e. The van der Waals surface area contributed by atoms with E-state index in [-0.39, 0.29) is 0 Å². The van der Waals surface area contributed by atoms with Gasteiger partial charge in [-0.3, -0.25) is 0 Å². The molecule has 1 atom stereocenters. The average Bonchev–Trinajstić information content (AvgIpc) is 2.90. The van der Waals surface area contributed by atoms with E-state index in [1.54, 1.807) is 0 Å². The molecule has 0 radical (unpaired) electrons. The first-order valence-electron chi connectivity index (χ1n) is 6.64. The summed E-state index contributed by atoms with van der Waals surface area (Å²) in [5.41, 5.74) is 4.93. The standard InChI is InChI=1S/C17H14N2O/c20-17-13(9-11-5-1-4-8-15(11)19-17)16-10-12-6-2-3-7-14(12)18-16/h1-10,17-20H. The SMILES string of the molecule is OC1Nc2ccccc2C=C1c1cc2ccccc2[nH]1. The zero-order valence-electron chi connectivity index (χ0n) is 10.8. The summed E-state index contributed by atoms with van der Waals surface area (Å²) in [6.07, 6.45) is 1.33. The molecule has 2 aromatic carbocycles. The molecule has 98 valence electrons. The Bertz CT molecular complexity index is 783. The van der Waals surface area contributed by atoms with Crippen LogP contribution in [0.5, 0.6) is 0 Å². The fourth-order valence-electron chi connectivity index (χ4n) is 2.68. The fourth-order valence-corrected chi connectivity index (χ4v) is 2.68. The predicted octanol–water partition coefficient (Wildman–Crippen LogP) is 3.45. The lowest BCUT2D eigenvalue weighted by Crippen LogP contribution is -2.23. The van der Waals surface area contributed by atoms with Gasteiger partial charge in [0.2, 0.25) is 0 Å². The Morgan fingerprint density at radius 2 is 1.75 bits per heavy atom. The van der Waals surface area contributed by atoms with E-state index in [2.05, 4.69) is 22.4 Å². The van der Waals surface area contributed by atoms with Crippen molar-refractivity contribution in [2.75, 3.05) is 5.32 Å². The topological polar surface area (TPSA) is 48.0 Å². The van der Waals surface area contributed by atoms with Crippen LogP contribution in [0.2, 0.25) is 0 Å². The number of para-hydroxylation sites is 2. The molecule has 3 heteroatoms. The summed E-state index contributed by atoms with van der Waals surface area (Å²) in [5, 5.41) is 14.6. The lowest BCUT2D eigenvalue weighted by molar-refractivity contribution is 0.261. The van der Waals surface area contributed by atoms with Crippen LogP contribution in [0, 0.1) is 0 Å². The molecule has 1 aliphatic rings. The smallest absolute Gasteiger partial charge is 0.152 e. The van der Waals surface area contributed by atoms with E-state index in [0.717, 1.165) is 33.4 Å². The third-order valence-corrected chi connectivity index (χ3v) is 3.70. The van der Waals surface area contributed by atoms with Gasteiger partial charge in [-0.25, -0.2) is 0 Å². The minimum atomic E-state index is -0.696. The van der Waals surface area contributed by atoms with Gasteiger partial charge in [0.1, 0.15) is 0 Å². The molecule has 4 rings (SSSR count). The number of H-pyrrole nitrogens is 1. The third kappa shape index (κ3) is 1.72. The molecule has 0 aliphatic carbocycles. The normalized spacial score (nSPS) is 17.4. The molecule has 0 fully saturated rings. The maximum atomic E-state index is 10.3. The molecule has 3 aromatic rings. The molecule has 3 N–H and O–H groups in total. The van der Waals surface area contributed by atoms with Crippen LogP contribution in [0.1, 0.15) is 11.3 Å². The lowest BCUT2D eigenvalue weighted by atomic mass is 10.0. The highest BCUT2D eigenvalue weighted by Gasteiger charge is 2.20. The van der Waals surface area contributed by atoms with E-state index >= 15 is 0 Å². The molecule has 1 aliphatic heterocycles. The predicted molar refractivity (Wildman–Crippen MR) is 82.2 cm³/mol. The summed E-state index contributed by atoms with van der Waals surface area (Å²) in [5.74, 6) is 0. The maximum absolute atomic E-state index is 10.3. The number of aliphatic hydroxyl groups is 1. The maximum Gasteiger partial charge on any atom is 0.152 e. The van der Waals surface area contributed by atoms with Gasteiger partial charge in [-0.2, -0.15) is 0 Å². The van der Waals surface area contributed by atoms with Crippen LogP contribution < -0.4 is 5.32 Å². The van der Waals surface area contributed by atoms with Crippen LogP contribution in [-0.4, -0.2) is 16.3 Å². The van der Waals surface area contributed by atoms with Gasteiger partial charge in [-0.15, -0.1) is 0 Å². The first-order chi connectivity index (χ1) is 9.81. The van der Waals surface area contributed by atoms with Gasteiger partial charge >= 0.3 is 0 Å². The van der Waals surface area contributed by atoms with Crippen LogP contribution in [0.3, 0.4) is 0 Å². The zero-order chi connectivity index (χ0) is 13.5. The van der Waals surface area contributed by atoms with Gasteiger partial charge in [-0.05, 0) is 35.2 Å². The van der Waals surface area contributed by atoms with Crippen molar-refractivity contribution in [3.05, 3.63) is 65.9 Å². The molecule has 0 amide bonds. The Hall–Kier alpha value is -2.52. The van der Waals surface area contributed by atoms with E-state index in [9.17, 15) is 5.11 Å². The highest BCUT2D eigenvalue weighted by molar-refractivity contribution is 5.94. The van der Waals surface area contributed by atoms with Crippen LogP contribution in [0.4, 0.5) is 5.69 Å². The zero-order valence-corrected chi connectivity index (χ0v) is 10.8. The quantitative estimate of drug-likeness (QED) is 0.629. The molecule has 3 nitrogen and oxygen atoms in total. The molecule has 1 unspecified atom stereocenters. The van der Waals surface area contributed by atoms with Crippen molar-refractivity contribution >= 4 is 28.2 Å². The molecule has 2 heterocycles. The monoisotopic (exact) mass is 262 g/mol. The largest absolute Gasteiger partial charge is 0.369 e. The van der Waals surface area contributed by atoms with Gasteiger partial charge in [-0.1, -0.05) is 36.4 Å². The Labute approximate surface area is 116 Å². The molecule has 0 saturated carbocycles. The first-order valence-corrected chi connectivity index (χ1v) is 6.64. The molecule has 0 spiro atoms. The average molecular weight is 262 g/mol. The molecular formula is C17H14N2O. The van der Waals surface area contributed by atoms with Gasteiger partial charge in [0, 0.05) is 22.5 Å². The van der Waals surface area contributed by atoms with Gasteiger partial charge in [0.25, 0.3) is 0 Å². The number of benzene rings is 2. The second-order valence-corrected chi connectivity index (χ2v) is 5.00. The summed E-state index contributed by atoms with van der Waals surface area (Å²) in [6, 6.07) is 18.1. The van der Waals surface area contributed by atoms with Crippen molar-refractivity contribution in [3.8, 4) is 0 Å². The second-order valence-electron chi connectivity index (χ2n) is 5.00. The van der Waals surface area contributed by atoms with E-state index < -0.39 is 6.23 Å². The minimum absolute atomic E-state index is 0.696. The Balaban J connectivity index is 1.87. The number of nitrogens with one attached hydrogen (secondary N) is 2. The highest BCUT2D eigenvalue weighted by atomic mass is 16.3. The third-order valence-electron chi connectivity index (χ3n) is 3.70. The highest BCUT2D eigenvalue weighted by Crippen LogP contribution is 2.32. The number of hydrogen-bond donors (Lipinski definition) is 3. The second kappa shape index (κ2) is 4.25. The Morgan fingerprint density at radius 1 is 0.950 bits per heavy atom. The van der Waals surface area contributed by atoms with Crippen LogP contribution in [0.25, 0.3) is 22.6 Å². The van der Waals surface area contributed by atoms with E-state index in [4.69, 9.17) is 0 Å². The number of fused-ring (bicyclic) bond motifs is 2. The fraction of sp³-hybridized carbons (Fsp3) is 0.0588. The summed E-state index contributed by atoms with van der Waals surface area (Å²) in [7, 11) is 0. The van der Waals surface area contributed by atoms with E-state index in [1.807, 2.05) is 48.5 Å². The van der Waals surface area contributed by atoms with Crippen LogP contribution in [0.15, 0.2) is 54.6 Å². The molecule has 20 heavy (non-hydrogen) atoms. The number of anilines is 1. The number of hydrogen-bond acceptors (Lipinski definition) is 2. The lowest BCUT2D eigenvalue weighted by Gasteiger charge is -2.23. The van der Waals surface area contributed by atoms with Gasteiger partial charge < -0.3 is 15.4 Å². The Morgan fingerprint density at radius 3 is 2.65 bits per heavy atom. The van der Waals surface area contributed by atoms with Crippen molar-refractivity contribution in [1.82, 2.24) is 4.98 Å². The number of aliphatic hydroxyl groups excluding tert-OH is 1. The molecule has 0 bridgehead atoms. The first kappa shape index (κ1) is 11.3. The molecule has 0 saturated heterocycles. The van der Waals surface area contributed by atoms with E-state index in [0.29, 0.717) is 0 Å². The number of aromatic amines is 1. The molecule has 1 aromatic heterocycles. The number of rotatable bonds is 1. The van der Waals surface area contributed by atoms with Crippen molar-refractivity contribution in [1.29, 1.82) is 0 Å².